The highest BCUT2D eigenvalue weighted by molar-refractivity contribution is 6.01. The maximum absolute atomic E-state index is 13.4. The molecule has 0 aromatic heterocycles. The van der Waals surface area contributed by atoms with Crippen LogP contribution >= 0.6 is 0 Å². The smallest absolute Gasteiger partial charge is 0.422 e. The number of methoxy groups -OCH3 is 2. The van der Waals surface area contributed by atoms with Gasteiger partial charge < -0.3 is 50.1 Å². The van der Waals surface area contributed by atoms with Crippen LogP contribution in [0.2, 0.25) is 0 Å². The van der Waals surface area contributed by atoms with Crippen LogP contribution in [0.15, 0.2) is 115 Å². The fraction of sp³-hybridized carbons (Fsp3) is 0.191. The van der Waals surface area contributed by atoms with Crippen molar-refractivity contribution in [1.29, 1.82) is 0 Å². The highest BCUT2D eigenvalue weighted by Crippen LogP contribution is 2.37. The minimum absolute atomic E-state index is 0.0298. The number of ketones is 2. The molecule has 0 amide bonds. The lowest BCUT2D eigenvalue weighted by molar-refractivity contribution is -0.187. The molecule has 1 unspecified atom stereocenters. The second-order valence-corrected chi connectivity index (χ2v) is 14.3. The number of allylic oxidation sites excluding steroid dienone is 1. The first kappa shape index (κ1) is 50.2. The Kier molecular flexibility index (Phi) is 16.0. The molecular formula is C47H40F6N2O12. The minimum atomic E-state index is -4.60. The van der Waals surface area contributed by atoms with Gasteiger partial charge in [-0.15, -0.1) is 0 Å². The van der Waals surface area contributed by atoms with Crippen LogP contribution in [-0.4, -0.2) is 79.3 Å². The zero-order valence-corrected chi connectivity index (χ0v) is 35.2. The predicted molar refractivity (Wildman–Crippen MR) is 230 cm³/mol. The Morgan fingerprint density at radius 2 is 1.04 bits per heavy atom. The van der Waals surface area contributed by atoms with Gasteiger partial charge in [-0.3, -0.25) is 9.59 Å². The van der Waals surface area contributed by atoms with Crippen molar-refractivity contribution in [3.63, 3.8) is 0 Å². The van der Waals surface area contributed by atoms with Crippen LogP contribution in [0.25, 0.3) is 12.2 Å². The molecule has 0 radical (unpaired) electrons. The lowest BCUT2D eigenvalue weighted by Gasteiger charge is -2.30. The predicted octanol–water partition coefficient (Wildman–Crippen LogP) is 7.91. The number of halogens is 6. The number of nitrogen functional groups attached to an aromatic ring is 2. The maximum Gasteiger partial charge on any atom is 0.422 e. The highest BCUT2D eigenvalue weighted by Gasteiger charge is 2.43. The zero-order chi connectivity index (χ0) is 49.1. The van der Waals surface area contributed by atoms with Gasteiger partial charge in [-0.05, 0) is 102 Å². The van der Waals surface area contributed by atoms with E-state index in [4.69, 9.17) is 39.9 Å². The van der Waals surface area contributed by atoms with E-state index >= 15 is 0 Å². The van der Waals surface area contributed by atoms with E-state index in [0.717, 1.165) is 36.4 Å². The van der Waals surface area contributed by atoms with Gasteiger partial charge in [0, 0.05) is 17.8 Å². The average Bonchev–Trinajstić information content (AvgIpc) is 3.28. The van der Waals surface area contributed by atoms with Crippen LogP contribution in [0.4, 0.5) is 37.7 Å². The summed E-state index contributed by atoms with van der Waals surface area (Å²) in [6.45, 7) is -3.14. The summed E-state index contributed by atoms with van der Waals surface area (Å²) in [6, 6.07) is 22.4. The minimum Gasteiger partial charge on any atom is -0.493 e. The van der Waals surface area contributed by atoms with Crippen LogP contribution < -0.4 is 39.9 Å². The van der Waals surface area contributed by atoms with E-state index in [9.17, 15) is 55.7 Å². The van der Waals surface area contributed by atoms with E-state index in [2.05, 4.69) is 0 Å². The number of nitrogens with two attached hydrogens (primary N) is 2. The second kappa shape index (κ2) is 21.4. The molecule has 1 atom stereocenters. The van der Waals surface area contributed by atoms with Crippen molar-refractivity contribution < 1.29 is 84.2 Å². The number of rotatable bonds is 19. The summed E-state index contributed by atoms with van der Waals surface area (Å²) < 4.78 is 106. The molecule has 0 heterocycles. The van der Waals surface area contributed by atoms with Crippen molar-refractivity contribution >= 4 is 47.0 Å². The van der Waals surface area contributed by atoms with Gasteiger partial charge in [0.15, 0.2) is 42.0 Å². The summed E-state index contributed by atoms with van der Waals surface area (Å²) in [5.74, 6) is -9.08. The molecule has 0 bridgehead atoms. The molecule has 5 aromatic carbocycles. The molecule has 0 saturated carbocycles. The van der Waals surface area contributed by atoms with E-state index in [1.54, 1.807) is 0 Å². The van der Waals surface area contributed by atoms with Gasteiger partial charge in [-0.2, -0.15) is 26.3 Å². The number of carbonyl (C=O) groups is 4. The first-order valence-electron chi connectivity index (χ1n) is 19.5. The quantitative estimate of drug-likeness (QED) is 0.0155. The van der Waals surface area contributed by atoms with E-state index in [1.165, 1.54) is 105 Å². The van der Waals surface area contributed by atoms with E-state index in [-0.39, 0.29) is 62.6 Å². The molecule has 0 aliphatic heterocycles. The summed E-state index contributed by atoms with van der Waals surface area (Å²) in [5.41, 5.74) is 12.9. The van der Waals surface area contributed by atoms with Crippen molar-refractivity contribution in [3.8, 4) is 34.5 Å². The Hall–Kier alpha value is -7.84. The molecule has 0 spiro atoms. The van der Waals surface area contributed by atoms with Gasteiger partial charge in [0.2, 0.25) is 11.6 Å². The number of alkyl halides is 6. The second-order valence-electron chi connectivity index (χ2n) is 14.3. The Morgan fingerprint density at radius 1 is 0.597 bits per heavy atom. The number of benzene rings is 5. The Labute approximate surface area is 377 Å². The van der Waals surface area contributed by atoms with Gasteiger partial charge in [-0.1, -0.05) is 42.5 Å². The Balaban J connectivity index is 1.23. The Bertz CT molecular complexity index is 2650. The van der Waals surface area contributed by atoms with Crippen LogP contribution in [0, 0.1) is 0 Å². The molecule has 0 saturated heterocycles. The molecule has 5 aromatic rings. The van der Waals surface area contributed by atoms with Crippen LogP contribution in [0.3, 0.4) is 0 Å². The van der Waals surface area contributed by atoms with E-state index < -0.39 is 67.2 Å². The molecule has 352 valence electrons. The summed E-state index contributed by atoms with van der Waals surface area (Å²) in [4.78, 5) is 52.3. The third kappa shape index (κ3) is 14.3. The lowest BCUT2D eigenvalue weighted by Crippen LogP contribution is -2.44. The van der Waals surface area contributed by atoms with Gasteiger partial charge >= 0.3 is 24.3 Å². The van der Waals surface area contributed by atoms with E-state index in [0.29, 0.717) is 11.1 Å². The number of ether oxygens (including phenoxy) is 6. The monoisotopic (exact) mass is 938 g/mol. The Morgan fingerprint density at radius 3 is 1.46 bits per heavy atom. The molecule has 20 heteroatoms. The number of hydrogen-bond acceptors (Lipinski definition) is 14. The molecule has 14 nitrogen and oxygen atoms in total. The first-order valence-corrected chi connectivity index (χ1v) is 19.5. The van der Waals surface area contributed by atoms with Crippen LogP contribution in [-0.2, 0) is 9.59 Å². The largest absolute Gasteiger partial charge is 0.493 e. The van der Waals surface area contributed by atoms with Crippen LogP contribution in [0.1, 0.15) is 49.7 Å². The van der Waals surface area contributed by atoms with E-state index in [1.807, 2.05) is 0 Å². The van der Waals surface area contributed by atoms with Crippen molar-refractivity contribution in [2.24, 2.45) is 0 Å². The normalized spacial score (nSPS) is 12.4. The number of hydrogen-bond donors (Lipinski definition) is 4. The van der Waals surface area contributed by atoms with Crippen molar-refractivity contribution in [2.75, 3.05) is 38.9 Å². The number of aliphatic hydroxyl groups is 2. The molecule has 0 aliphatic carbocycles. The third-order valence-electron chi connectivity index (χ3n) is 9.39. The molecule has 67 heavy (non-hydrogen) atoms. The van der Waals surface area contributed by atoms with Gasteiger partial charge in [0.05, 0.1) is 31.3 Å². The molecular weight excluding hydrogens is 899 g/mol. The molecule has 0 aliphatic rings. The zero-order valence-electron chi connectivity index (χ0n) is 35.2. The SMILES string of the molecule is COc1cc(C(=O)Oc2ccc(/C=C/C(=O)CC(c3ccc(N)cc3N)C(O)(O)C(=O)/C=C/c3ccc(OC(=O)c4ccc(OCC(F)(F)F)c(OC)c4)cc3)cc2)ccc1OCC(F)(F)F. The molecule has 5 rings (SSSR count). The van der Waals surface area contributed by atoms with Crippen molar-refractivity contribution in [1.82, 2.24) is 0 Å². The van der Waals surface area contributed by atoms with Crippen molar-refractivity contribution in [3.05, 3.63) is 143 Å². The third-order valence-corrected chi connectivity index (χ3v) is 9.39. The van der Waals surface area contributed by atoms with Gasteiger partial charge in [0.1, 0.15) is 11.5 Å². The standard InChI is InChI=1S/C47H40F6N2O12/c1-62-40-21-29(9-18-38(40)64-25-45(48,49)50)43(58)66-33-13-4-27(5-14-33)3-12-32(56)24-36(35-17-11-31(54)23-37(35)55)47(60,61)42(57)20-8-28-6-15-34(16-7-28)67-44(59)30-10-19-39(41(22-30)63-2)65-26-46(51,52)53/h3-23,36,60-61H,24-26,54-55H2,1-2H3/b12-3+,20-8+. The van der Waals surface area contributed by atoms with Crippen molar-refractivity contribution in [2.45, 2.75) is 30.5 Å². The van der Waals surface area contributed by atoms with Crippen LogP contribution in [0.5, 0.6) is 34.5 Å². The molecule has 6 N–H and O–H groups in total. The average molecular weight is 939 g/mol. The number of esters is 2. The summed E-state index contributed by atoms with van der Waals surface area (Å²) in [6.07, 6.45) is -5.22. The fourth-order valence-electron chi connectivity index (χ4n) is 6.08. The van der Waals surface area contributed by atoms with Gasteiger partial charge in [0.25, 0.3) is 0 Å². The summed E-state index contributed by atoms with van der Waals surface area (Å²) >= 11 is 0. The van der Waals surface area contributed by atoms with Gasteiger partial charge in [-0.25, -0.2) is 9.59 Å². The highest BCUT2D eigenvalue weighted by atomic mass is 19.4. The lowest BCUT2D eigenvalue weighted by atomic mass is 9.82. The topological polar surface area (TPSA) is 216 Å². The maximum atomic E-state index is 13.4. The number of carbonyl (C=O) groups excluding carboxylic acids is 4. The fourth-order valence-corrected chi connectivity index (χ4v) is 6.08. The first-order chi connectivity index (χ1) is 31.5. The number of anilines is 2. The molecule has 0 fully saturated rings. The summed E-state index contributed by atoms with van der Waals surface area (Å²) in [7, 11) is 2.37. The summed E-state index contributed by atoms with van der Waals surface area (Å²) in [5, 5.41) is 22.7.